The van der Waals surface area contributed by atoms with Crippen LogP contribution in [0.4, 0.5) is 4.39 Å². The number of benzene rings is 1. The highest BCUT2D eigenvalue weighted by Gasteiger charge is 2.19. The van der Waals surface area contributed by atoms with Crippen LogP contribution in [-0.4, -0.2) is 9.55 Å². The van der Waals surface area contributed by atoms with Gasteiger partial charge in [-0.05, 0) is 60.9 Å². The van der Waals surface area contributed by atoms with Crippen molar-refractivity contribution in [2.24, 2.45) is 0 Å². The molecule has 0 radical (unpaired) electrons. The fourth-order valence-corrected chi connectivity index (χ4v) is 3.51. The van der Waals surface area contributed by atoms with E-state index in [2.05, 4.69) is 33.3 Å². The van der Waals surface area contributed by atoms with E-state index in [0.29, 0.717) is 0 Å². The quantitative estimate of drug-likeness (QED) is 0.593. The molecule has 0 spiro atoms. The number of hydrogen-bond donors (Lipinski definition) is 0. The van der Waals surface area contributed by atoms with Crippen molar-refractivity contribution < 1.29 is 4.39 Å². The molecule has 0 saturated heterocycles. The number of hydrogen-bond acceptors (Lipinski definition) is 2. The third kappa shape index (κ3) is 2.83. The maximum absolute atomic E-state index is 13.6. The number of fused-ring (bicyclic) bond motifs is 1. The fraction of sp³-hybridized carbons (Fsp3) is 0.312. The molecule has 0 fully saturated rings. The second-order valence-corrected chi connectivity index (χ2v) is 6.71. The third-order valence-corrected chi connectivity index (χ3v) is 4.51. The molecule has 0 saturated carbocycles. The van der Waals surface area contributed by atoms with E-state index in [4.69, 9.17) is 11.6 Å². The highest BCUT2D eigenvalue weighted by atomic mass is 35.5. The molecule has 0 amide bonds. The Morgan fingerprint density at radius 2 is 2.14 bits per heavy atom. The molecule has 2 aromatic heterocycles. The van der Waals surface area contributed by atoms with E-state index >= 15 is 0 Å². The lowest BCUT2D eigenvalue weighted by atomic mass is 10.1. The van der Waals surface area contributed by atoms with Crippen LogP contribution in [0, 0.1) is 5.82 Å². The molecule has 5 heteroatoms. The summed E-state index contributed by atoms with van der Waals surface area (Å²) in [5.74, 6) is 0.542. The van der Waals surface area contributed by atoms with Crippen LogP contribution in [0.5, 0.6) is 0 Å². The van der Waals surface area contributed by atoms with Crippen molar-refractivity contribution >= 4 is 34.0 Å². The van der Waals surface area contributed by atoms with Gasteiger partial charge in [0.1, 0.15) is 11.6 Å². The Morgan fingerprint density at radius 1 is 1.33 bits per heavy atom. The first-order valence-electron chi connectivity index (χ1n) is 6.89. The van der Waals surface area contributed by atoms with Gasteiger partial charge in [0.05, 0.1) is 16.4 Å². The minimum absolute atomic E-state index is 0.169. The summed E-state index contributed by atoms with van der Waals surface area (Å²) in [6.45, 7) is 4.01. The van der Waals surface area contributed by atoms with E-state index in [9.17, 15) is 4.39 Å². The predicted octanol–water partition coefficient (Wildman–Crippen LogP) is 5.34. The summed E-state index contributed by atoms with van der Waals surface area (Å²) in [4.78, 5) is 4.57. The van der Waals surface area contributed by atoms with Crippen molar-refractivity contribution in [3.63, 3.8) is 0 Å². The highest BCUT2D eigenvalue weighted by molar-refractivity contribution is 7.07. The van der Waals surface area contributed by atoms with Crippen molar-refractivity contribution in [2.75, 3.05) is 0 Å². The Kier molecular flexibility index (Phi) is 4.00. The Hall–Kier alpha value is -1.39. The van der Waals surface area contributed by atoms with Gasteiger partial charge >= 0.3 is 0 Å². The smallest absolute Gasteiger partial charge is 0.127 e. The molecular weight excluding hydrogens is 307 g/mol. The SMILES string of the molecule is CC(Cl)c1nc2ccc(F)cc2n1C(C)Cc1ccsc1. The Balaban J connectivity index is 2.09. The van der Waals surface area contributed by atoms with E-state index in [1.807, 2.05) is 6.92 Å². The van der Waals surface area contributed by atoms with Gasteiger partial charge in [0.15, 0.2) is 0 Å². The number of alkyl halides is 1. The van der Waals surface area contributed by atoms with Gasteiger partial charge < -0.3 is 4.57 Å². The van der Waals surface area contributed by atoms with Gasteiger partial charge in [-0.1, -0.05) is 0 Å². The summed E-state index contributed by atoms with van der Waals surface area (Å²) in [6, 6.07) is 6.97. The van der Waals surface area contributed by atoms with Gasteiger partial charge in [0, 0.05) is 6.04 Å². The summed E-state index contributed by atoms with van der Waals surface area (Å²) in [5.41, 5.74) is 2.87. The lowest BCUT2D eigenvalue weighted by Crippen LogP contribution is -2.12. The van der Waals surface area contributed by atoms with Gasteiger partial charge in [-0.15, -0.1) is 11.6 Å². The molecule has 0 bridgehead atoms. The summed E-state index contributed by atoms with van der Waals surface area (Å²) in [5, 5.41) is 3.99. The molecule has 110 valence electrons. The maximum Gasteiger partial charge on any atom is 0.127 e. The largest absolute Gasteiger partial charge is 0.323 e. The Bertz CT molecular complexity index is 749. The lowest BCUT2D eigenvalue weighted by molar-refractivity contribution is 0.534. The zero-order valence-corrected chi connectivity index (χ0v) is 13.5. The van der Waals surface area contributed by atoms with Crippen LogP contribution >= 0.6 is 22.9 Å². The number of nitrogens with zero attached hydrogens (tertiary/aromatic N) is 2. The number of aromatic nitrogens is 2. The first-order chi connectivity index (χ1) is 10.1. The number of halogens is 2. The fourth-order valence-electron chi connectivity index (χ4n) is 2.67. The van der Waals surface area contributed by atoms with Crippen molar-refractivity contribution in [3.05, 3.63) is 52.2 Å². The standard InChI is InChI=1S/C16H16ClFN2S/c1-10(7-12-5-6-21-9-12)20-15-8-13(18)3-4-14(15)19-16(20)11(2)17/h3-6,8-11H,7H2,1-2H3. The molecule has 2 atom stereocenters. The Labute approximate surface area is 132 Å². The van der Waals surface area contributed by atoms with Gasteiger partial charge in [-0.2, -0.15) is 11.3 Å². The van der Waals surface area contributed by atoms with E-state index in [0.717, 1.165) is 23.3 Å². The van der Waals surface area contributed by atoms with E-state index in [1.54, 1.807) is 17.4 Å². The van der Waals surface area contributed by atoms with Crippen LogP contribution in [0.25, 0.3) is 11.0 Å². The molecule has 0 aliphatic rings. The molecule has 0 N–H and O–H groups in total. The van der Waals surface area contributed by atoms with Gasteiger partial charge in [0.25, 0.3) is 0 Å². The predicted molar refractivity (Wildman–Crippen MR) is 86.7 cm³/mol. The van der Waals surface area contributed by atoms with E-state index in [-0.39, 0.29) is 17.2 Å². The first-order valence-corrected chi connectivity index (χ1v) is 8.26. The van der Waals surface area contributed by atoms with Crippen LogP contribution in [-0.2, 0) is 6.42 Å². The van der Waals surface area contributed by atoms with Gasteiger partial charge in [0.2, 0.25) is 0 Å². The molecule has 3 rings (SSSR count). The number of imidazole rings is 1. The van der Waals surface area contributed by atoms with Crippen molar-refractivity contribution in [1.82, 2.24) is 9.55 Å². The molecule has 2 unspecified atom stereocenters. The van der Waals surface area contributed by atoms with Gasteiger partial charge in [-0.3, -0.25) is 0 Å². The van der Waals surface area contributed by atoms with Crippen LogP contribution in [0.15, 0.2) is 35.0 Å². The summed E-state index contributed by atoms with van der Waals surface area (Å²) < 4.78 is 15.7. The molecule has 1 aromatic carbocycles. The first kappa shape index (κ1) is 14.5. The molecular formula is C16H16ClFN2S. The van der Waals surface area contributed by atoms with Crippen LogP contribution in [0.3, 0.4) is 0 Å². The number of thiophene rings is 1. The molecule has 21 heavy (non-hydrogen) atoms. The molecule has 3 aromatic rings. The second-order valence-electron chi connectivity index (χ2n) is 5.27. The summed E-state index contributed by atoms with van der Waals surface area (Å²) in [7, 11) is 0. The minimum atomic E-state index is -0.250. The zero-order chi connectivity index (χ0) is 15.0. The topological polar surface area (TPSA) is 17.8 Å². The summed E-state index contributed by atoms with van der Waals surface area (Å²) in [6.07, 6.45) is 0.877. The Morgan fingerprint density at radius 3 is 2.81 bits per heavy atom. The van der Waals surface area contributed by atoms with Crippen LogP contribution < -0.4 is 0 Å². The average Bonchev–Trinajstić information content (AvgIpc) is 3.04. The van der Waals surface area contributed by atoms with E-state index < -0.39 is 0 Å². The molecule has 0 aliphatic heterocycles. The lowest BCUT2D eigenvalue weighted by Gasteiger charge is -2.18. The van der Waals surface area contributed by atoms with Crippen molar-refractivity contribution in [3.8, 4) is 0 Å². The van der Waals surface area contributed by atoms with Crippen LogP contribution in [0.2, 0.25) is 0 Å². The molecule has 2 heterocycles. The average molecular weight is 323 g/mol. The number of rotatable bonds is 4. The van der Waals surface area contributed by atoms with Crippen molar-refractivity contribution in [2.45, 2.75) is 31.7 Å². The van der Waals surface area contributed by atoms with Crippen molar-refractivity contribution in [1.29, 1.82) is 0 Å². The monoisotopic (exact) mass is 322 g/mol. The van der Waals surface area contributed by atoms with Gasteiger partial charge in [-0.25, -0.2) is 9.37 Å². The highest BCUT2D eigenvalue weighted by Crippen LogP contribution is 2.30. The molecule has 0 aliphatic carbocycles. The summed E-state index contributed by atoms with van der Waals surface area (Å²) >= 11 is 7.95. The maximum atomic E-state index is 13.6. The second kappa shape index (κ2) is 5.78. The minimum Gasteiger partial charge on any atom is -0.323 e. The van der Waals surface area contributed by atoms with E-state index in [1.165, 1.54) is 17.7 Å². The normalized spacial score (nSPS) is 14.5. The molecule has 2 nitrogen and oxygen atoms in total. The van der Waals surface area contributed by atoms with Crippen LogP contribution in [0.1, 0.15) is 36.7 Å². The zero-order valence-electron chi connectivity index (χ0n) is 11.9. The third-order valence-electron chi connectivity index (χ3n) is 3.59.